The Balaban J connectivity index is 3.26. The van der Waals surface area contributed by atoms with Crippen molar-refractivity contribution in [3.05, 3.63) is 24.4 Å². The predicted molar refractivity (Wildman–Crippen MR) is 36.0 cm³/mol. The zero-order valence-corrected chi connectivity index (χ0v) is 5.83. The highest BCUT2D eigenvalue weighted by Gasteiger charge is 1.67. The van der Waals surface area contributed by atoms with Gasteiger partial charge < -0.3 is 4.34 Å². The lowest BCUT2D eigenvalue weighted by molar-refractivity contribution is 1.42. The molecule has 40 valence electrons. The maximum atomic E-state index is 3.64. The van der Waals surface area contributed by atoms with Crippen LogP contribution >= 0.6 is 16.1 Å². The fourth-order valence-electron chi connectivity index (χ4n) is 0.174. The van der Waals surface area contributed by atoms with Crippen LogP contribution in [-0.2, 0) is 0 Å². The van der Waals surface area contributed by atoms with E-state index in [2.05, 4.69) is 27.1 Å². The molecule has 0 aromatic carbocycles. The molecule has 0 atom stereocenters. The molecule has 0 aliphatic heterocycles. The highest BCUT2D eigenvalue weighted by Crippen LogP contribution is 1.86. The summed E-state index contributed by atoms with van der Waals surface area (Å²) in [6.45, 7) is 5.58. The molecule has 0 rings (SSSR count). The topological polar surface area (TPSA) is 12.0 Å². The van der Waals surface area contributed by atoms with Crippen LogP contribution in [0.5, 0.6) is 0 Å². The van der Waals surface area contributed by atoms with Crippen molar-refractivity contribution in [3.63, 3.8) is 0 Å². The van der Waals surface area contributed by atoms with E-state index in [-0.39, 0.29) is 0 Å². The van der Waals surface area contributed by atoms with E-state index in [0.29, 0.717) is 0 Å². The van der Waals surface area contributed by atoms with Crippen molar-refractivity contribution in [1.29, 1.82) is 0 Å². The maximum Gasteiger partial charge on any atom is 0.0460 e. The molecule has 7 heavy (non-hydrogen) atoms. The Morgan fingerprint density at radius 2 is 2.43 bits per heavy atom. The van der Waals surface area contributed by atoms with Gasteiger partial charge in [-0.3, -0.25) is 0 Å². The lowest BCUT2D eigenvalue weighted by Crippen LogP contribution is -1.78. The number of halogens is 1. The van der Waals surface area contributed by atoms with Crippen LogP contribution in [0, 0.1) is 0 Å². The summed E-state index contributed by atoms with van der Waals surface area (Å²) in [5.74, 6) is 0. The molecule has 0 aliphatic rings. The Labute approximate surface area is 52.4 Å². The largest absolute Gasteiger partial charge is 0.329 e. The monoisotopic (exact) mass is 161 g/mol. The first-order valence-electron chi connectivity index (χ1n) is 1.95. The molecule has 0 saturated heterocycles. The first-order valence-corrected chi connectivity index (χ1v) is 2.75. The lowest BCUT2D eigenvalue weighted by atomic mass is 10.3. The summed E-state index contributed by atoms with van der Waals surface area (Å²) in [5.41, 5.74) is 1.03. The smallest absolute Gasteiger partial charge is 0.0460 e. The van der Waals surface area contributed by atoms with Gasteiger partial charge in [0.05, 0.1) is 0 Å². The second-order valence-electron chi connectivity index (χ2n) is 1.29. The first kappa shape index (κ1) is 6.76. The lowest BCUT2D eigenvalue weighted by Gasteiger charge is -1.81. The number of hydrogen-bond donors (Lipinski definition) is 1. The van der Waals surface area contributed by atoms with Gasteiger partial charge in [0, 0.05) is 22.3 Å². The molecule has 0 amide bonds. The number of allylic oxidation sites excluding steroid dienone is 2. The quantitative estimate of drug-likeness (QED) is 0.483. The molecule has 1 N–H and O–H groups in total. The van der Waals surface area contributed by atoms with Crippen molar-refractivity contribution in [2.24, 2.45) is 0 Å². The average Bonchev–Trinajstić information content (AvgIpc) is 1.61. The number of nitrogens with one attached hydrogen (secondary N) is 1. The molecule has 2 heteroatoms. The molecule has 0 fully saturated rings. The van der Waals surface area contributed by atoms with Crippen molar-refractivity contribution in [1.82, 2.24) is 4.34 Å². The van der Waals surface area contributed by atoms with Gasteiger partial charge in [-0.25, -0.2) is 0 Å². The summed E-state index contributed by atoms with van der Waals surface area (Å²) >= 11 is 3.00. The second-order valence-corrected chi connectivity index (χ2v) is 1.75. The van der Waals surface area contributed by atoms with Crippen LogP contribution in [0.25, 0.3) is 0 Å². The van der Waals surface area contributed by atoms with E-state index in [1.165, 1.54) is 0 Å². The van der Waals surface area contributed by atoms with Gasteiger partial charge in [-0.05, 0) is 13.0 Å². The Bertz CT molecular complexity index is 86.1. The molecule has 0 aromatic heterocycles. The van der Waals surface area contributed by atoms with Gasteiger partial charge in [-0.2, -0.15) is 0 Å². The van der Waals surface area contributed by atoms with Gasteiger partial charge in [0.15, 0.2) is 0 Å². The van der Waals surface area contributed by atoms with Crippen LogP contribution in [0.3, 0.4) is 0 Å². The van der Waals surface area contributed by atoms with E-state index in [4.69, 9.17) is 0 Å². The standard InChI is InChI=1S/C5H8BrN/c1-5(2)3-4-7-6/h3-4,7H,1H2,2H3/b4-3-. The Morgan fingerprint density at radius 1 is 1.86 bits per heavy atom. The van der Waals surface area contributed by atoms with Crippen LogP contribution in [-0.4, -0.2) is 0 Å². The first-order chi connectivity index (χ1) is 3.27. The number of rotatable bonds is 2. The molecule has 0 saturated carbocycles. The van der Waals surface area contributed by atoms with E-state index in [1.807, 2.05) is 13.0 Å². The molecular weight excluding hydrogens is 154 g/mol. The molecular formula is C5H8BrN. The van der Waals surface area contributed by atoms with Crippen molar-refractivity contribution < 1.29 is 0 Å². The summed E-state index contributed by atoms with van der Waals surface area (Å²) in [4.78, 5) is 0. The summed E-state index contributed by atoms with van der Waals surface area (Å²) in [7, 11) is 0. The van der Waals surface area contributed by atoms with E-state index in [1.54, 1.807) is 6.20 Å². The molecule has 0 unspecified atom stereocenters. The second kappa shape index (κ2) is 3.93. The Morgan fingerprint density at radius 3 is 2.57 bits per heavy atom. The van der Waals surface area contributed by atoms with Crippen LogP contribution < -0.4 is 4.34 Å². The van der Waals surface area contributed by atoms with Gasteiger partial charge in [-0.15, -0.1) is 0 Å². The Hall–Kier alpha value is -0.240. The molecule has 0 bridgehead atoms. The minimum atomic E-state index is 1.03. The zero-order valence-electron chi connectivity index (χ0n) is 4.24. The summed E-state index contributed by atoms with van der Waals surface area (Å²) < 4.78 is 2.67. The minimum Gasteiger partial charge on any atom is -0.329 e. The third-order valence-corrected chi connectivity index (χ3v) is 0.695. The van der Waals surface area contributed by atoms with Gasteiger partial charge in [-0.1, -0.05) is 12.2 Å². The van der Waals surface area contributed by atoms with E-state index >= 15 is 0 Å². The minimum absolute atomic E-state index is 1.03. The summed E-state index contributed by atoms with van der Waals surface area (Å²) in [5, 5.41) is 0. The molecule has 0 heterocycles. The zero-order chi connectivity index (χ0) is 5.70. The average molecular weight is 162 g/mol. The van der Waals surface area contributed by atoms with Crippen molar-refractivity contribution in [2.45, 2.75) is 6.92 Å². The Kier molecular flexibility index (Phi) is 3.80. The fourth-order valence-corrected chi connectivity index (χ4v) is 0.306. The number of hydrogen-bond acceptors (Lipinski definition) is 1. The third kappa shape index (κ3) is 5.76. The van der Waals surface area contributed by atoms with E-state index in [9.17, 15) is 0 Å². The van der Waals surface area contributed by atoms with Crippen LogP contribution in [0.15, 0.2) is 24.4 Å². The fraction of sp³-hybridized carbons (Fsp3) is 0.200. The van der Waals surface area contributed by atoms with Gasteiger partial charge >= 0.3 is 0 Å². The SMILES string of the molecule is C=C(C)/C=C\NBr. The predicted octanol–water partition coefficient (Wildman–Crippen LogP) is 1.98. The molecule has 0 radical (unpaired) electrons. The van der Waals surface area contributed by atoms with Crippen LogP contribution in [0.2, 0.25) is 0 Å². The van der Waals surface area contributed by atoms with Crippen molar-refractivity contribution in [2.75, 3.05) is 0 Å². The highest BCUT2D eigenvalue weighted by molar-refractivity contribution is 9.08. The summed E-state index contributed by atoms with van der Waals surface area (Å²) in [6, 6.07) is 0. The normalized spacial score (nSPS) is 9.43. The van der Waals surface area contributed by atoms with Gasteiger partial charge in [0.25, 0.3) is 0 Å². The summed E-state index contributed by atoms with van der Waals surface area (Å²) in [6.07, 6.45) is 3.64. The van der Waals surface area contributed by atoms with Crippen molar-refractivity contribution >= 4 is 16.1 Å². The van der Waals surface area contributed by atoms with Crippen molar-refractivity contribution in [3.8, 4) is 0 Å². The molecule has 0 spiro atoms. The van der Waals surface area contributed by atoms with Crippen LogP contribution in [0.1, 0.15) is 6.92 Å². The van der Waals surface area contributed by atoms with Crippen LogP contribution in [0.4, 0.5) is 0 Å². The molecule has 1 nitrogen and oxygen atoms in total. The molecule has 0 aliphatic carbocycles. The third-order valence-electron chi connectivity index (χ3n) is 0.431. The van der Waals surface area contributed by atoms with E-state index < -0.39 is 0 Å². The maximum absolute atomic E-state index is 3.64. The van der Waals surface area contributed by atoms with Gasteiger partial charge in [0.1, 0.15) is 0 Å². The molecule has 0 aromatic rings. The van der Waals surface area contributed by atoms with Gasteiger partial charge in [0.2, 0.25) is 0 Å². The van der Waals surface area contributed by atoms with E-state index in [0.717, 1.165) is 5.57 Å². The highest BCUT2D eigenvalue weighted by atomic mass is 79.9.